The van der Waals surface area contributed by atoms with Crippen LogP contribution in [0.4, 0.5) is 5.69 Å². The summed E-state index contributed by atoms with van der Waals surface area (Å²) in [7, 11) is 0. The average molecular weight is 270 g/mol. The molecule has 20 heavy (non-hydrogen) atoms. The lowest BCUT2D eigenvalue weighted by molar-refractivity contribution is 0.257. The Hall–Kier alpha value is -1.77. The van der Waals surface area contributed by atoms with E-state index in [1.165, 1.54) is 32.1 Å². The van der Waals surface area contributed by atoms with E-state index in [1.807, 2.05) is 36.4 Å². The second-order valence-corrected chi connectivity index (χ2v) is 5.57. The van der Waals surface area contributed by atoms with Gasteiger partial charge in [-0.25, -0.2) is 0 Å². The van der Waals surface area contributed by atoms with Gasteiger partial charge >= 0.3 is 0 Å². The zero-order valence-electron chi connectivity index (χ0n) is 11.9. The van der Waals surface area contributed by atoms with Crippen molar-refractivity contribution in [2.45, 2.75) is 44.2 Å². The lowest BCUT2D eigenvalue weighted by Gasteiger charge is -2.30. The third kappa shape index (κ3) is 2.87. The number of nitrogens with zero attached hydrogens (tertiary/aromatic N) is 2. The van der Waals surface area contributed by atoms with Crippen molar-refractivity contribution in [1.82, 2.24) is 4.90 Å². The van der Waals surface area contributed by atoms with Crippen molar-refractivity contribution >= 4 is 11.7 Å². The summed E-state index contributed by atoms with van der Waals surface area (Å²) in [6.07, 6.45) is 8.45. The molecule has 3 rings (SSSR count). The van der Waals surface area contributed by atoms with Crippen molar-refractivity contribution in [3.63, 3.8) is 0 Å². The van der Waals surface area contributed by atoms with E-state index in [9.17, 15) is 0 Å². The molecule has 0 bridgehead atoms. The Labute approximate surface area is 121 Å². The Morgan fingerprint density at radius 3 is 2.60 bits per heavy atom. The van der Waals surface area contributed by atoms with Gasteiger partial charge in [-0.05, 0) is 31.1 Å². The fraction of sp³-hybridized carbons (Fsp3) is 0.471. The van der Waals surface area contributed by atoms with E-state index in [0.717, 1.165) is 18.3 Å². The van der Waals surface area contributed by atoms with Gasteiger partial charge in [0.25, 0.3) is 6.02 Å². The second kappa shape index (κ2) is 6.12. The molecule has 3 nitrogen and oxygen atoms in total. The Balaban J connectivity index is 1.82. The van der Waals surface area contributed by atoms with Crippen molar-refractivity contribution in [3.8, 4) is 0 Å². The predicted molar refractivity (Wildman–Crippen MR) is 82.2 cm³/mol. The van der Waals surface area contributed by atoms with Gasteiger partial charge in [0.2, 0.25) is 0 Å². The number of benzene rings is 1. The van der Waals surface area contributed by atoms with E-state index < -0.39 is 0 Å². The van der Waals surface area contributed by atoms with E-state index in [-0.39, 0.29) is 6.10 Å². The Kier molecular flexibility index (Phi) is 4.05. The molecule has 1 unspecified atom stereocenters. The molecule has 1 heterocycles. The maximum absolute atomic E-state index is 5.94. The molecule has 1 aliphatic heterocycles. The van der Waals surface area contributed by atoms with Gasteiger partial charge in [-0.3, -0.25) is 0 Å². The summed E-state index contributed by atoms with van der Waals surface area (Å²) in [5.41, 5.74) is 0.952. The van der Waals surface area contributed by atoms with Crippen LogP contribution < -0.4 is 0 Å². The van der Waals surface area contributed by atoms with Gasteiger partial charge < -0.3 is 9.64 Å². The minimum absolute atomic E-state index is 0.0689. The normalized spacial score (nSPS) is 25.7. The molecule has 2 aliphatic rings. The standard InChI is InChI=1S/C17H22N2O/c1-2-16-13-19(15-11-7-4-8-12-15)17(20-16)18-14-9-5-3-6-10-14/h2-3,5-6,9-10,15-16H,1,4,7-8,11-13H2. The number of rotatable bonds is 3. The van der Waals surface area contributed by atoms with Gasteiger partial charge in [0.1, 0.15) is 6.10 Å². The van der Waals surface area contributed by atoms with E-state index >= 15 is 0 Å². The molecule has 0 aromatic heterocycles. The molecule has 1 aromatic carbocycles. The van der Waals surface area contributed by atoms with E-state index in [2.05, 4.69) is 16.5 Å². The highest BCUT2D eigenvalue weighted by Crippen LogP contribution is 2.28. The van der Waals surface area contributed by atoms with Crippen LogP contribution in [-0.4, -0.2) is 29.6 Å². The SMILES string of the molecule is C=CC1CN(C2CCCCC2)C(=Nc2ccccc2)O1. The van der Waals surface area contributed by atoms with Crippen molar-refractivity contribution in [2.75, 3.05) is 6.54 Å². The third-order valence-electron chi connectivity index (χ3n) is 4.14. The van der Waals surface area contributed by atoms with Crippen LogP contribution in [0, 0.1) is 0 Å². The molecule has 1 aliphatic carbocycles. The van der Waals surface area contributed by atoms with Crippen LogP contribution in [0.3, 0.4) is 0 Å². The molecule has 1 aromatic rings. The zero-order chi connectivity index (χ0) is 13.8. The molecule has 3 heteroatoms. The lowest BCUT2D eigenvalue weighted by atomic mass is 9.94. The highest BCUT2D eigenvalue weighted by atomic mass is 16.5. The van der Waals surface area contributed by atoms with Crippen LogP contribution in [-0.2, 0) is 4.74 Å². The number of hydrogen-bond acceptors (Lipinski definition) is 2. The minimum Gasteiger partial charge on any atom is -0.455 e. The molecule has 1 atom stereocenters. The van der Waals surface area contributed by atoms with Crippen LogP contribution in [0.15, 0.2) is 48.0 Å². The van der Waals surface area contributed by atoms with E-state index in [4.69, 9.17) is 4.74 Å². The Bertz CT molecular complexity index is 477. The molecular formula is C17H22N2O. The highest BCUT2D eigenvalue weighted by molar-refractivity contribution is 5.79. The monoisotopic (exact) mass is 270 g/mol. The number of para-hydroxylation sites is 1. The second-order valence-electron chi connectivity index (χ2n) is 5.57. The van der Waals surface area contributed by atoms with Crippen LogP contribution in [0.5, 0.6) is 0 Å². The molecule has 2 fully saturated rings. The number of amidine groups is 1. The van der Waals surface area contributed by atoms with Gasteiger partial charge in [-0.15, -0.1) is 0 Å². The first-order valence-electron chi connectivity index (χ1n) is 7.56. The molecule has 0 spiro atoms. The minimum atomic E-state index is 0.0689. The molecule has 106 valence electrons. The third-order valence-corrected chi connectivity index (χ3v) is 4.14. The number of hydrogen-bond donors (Lipinski definition) is 0. The number of ether oxygens (including phenoxy) is 1. The van der Waals surface area contributed by atoms with Gasteiger partial charge in [0.05, 0.1) is 12.2 Å². The lowest BCUT2D eigenvalue weighted by Crippen LogP contribution is -2.38. The quantitative estimate of drug-likeness (QED) is 0.778. The Morgan fingerprint density at radius 1 is 1.15 bits per heavy atom. The first-order valence-corrected chi connectivity index (χ1v) is 7.56. The van der Waals surface area contributed by atoms with Crippen molar-refractivity contribution in [3.05, 3.63) is 43.0 Å². The summed E-state index contributed by atoms with van der Waals surface area (Å²) < 4.78 is 5.94. The Morgan fingerprint density at radius 2 is 1.90 bits per heavy atom. The van der Waals surface area contributed by atoms with Crippen LogP contribution in [0.25, 0.3) is 0 Å². The highest BCUT2D eigenvalue weighted by Gasteiger charge is 2.33. The molecule has 0 radical (unpaired) electrons. The maximum Gasteiger partial charge on any atom is 0.293 e. The van der Waals surface area contributed by atoms with Crippen LogP contribution >= 0.6 is 0 Å². The first kappa shape index (κ1) is 13.2. The molecule has 1 saturated carbocycles. The van der Waals surface area contributed by atoms with E-state index in [0.29, 0.717) is 6.04 Å². The van der Waals surface area contributed by atoms with Gasteiger partial charge in [-0.1, -0.05) is 44.0 Å². The summed E-state index contributed by atoms with van der Waals surface area (Å²) in [5.74, 6) is 0. The largest absolute Gasteiger partial charge is 0.455 e. The topological polar surface area (TPSA) is 24.8 Å². The fourth-order valence-corrected chi connectivity index (χ4v) is 3.04. The van der Waals surface area contributed by atoms with Crippen LogP contribution in [0.1, 0.15) is 32.1 Å². The van der Waals surface area contributed by atoms with Crippen LogP contribution in [0.2, 0.25) is 0 Å². The summed E-state index contributed by atoms with van der Waals surface area (Å²) in [4.78, 5) is 7.03. The van der Waals surface area contributed by atoms with Crippen molar-refractivity contribution in [1.29, 1.82) is 0 Å². The molecular weight excluding hydrogens is 248 g/mol. The summed E-state index contributed by atoms with van der Waals surface area (Å²) in [6, 6.07) is 11.4. The van der Waals surface area contributed by atoms with Crippen molar-refractivity contribution < 1.29 is 4.74 Å². The number of aliphatic imine (C=N–C) groups is 1. The molecule has 0 N–H and O–H groups in total. The summed E-state index contributed by atoms with van der Waals surface area (Å²) in [5, 5.41) is 0. The summed E-state index contributed by atoms with van der Waals surface area (Å²) >= 11 is 0. The first-order chi connectivity index (χ1) is 9.86. The molecule has 1 saturated heterocycles. The summed E-state index contributed by atoms with van der Waals surface area (Å²) in [6.45, 7) is 4.75. The smallest absolute Gasteiger partial charge is 0.293 e. The van der Waals surface area contributed by atoms with Gasteiger partial charge in [0.15, 0.2) is 0 Å². The zero-order valence-corrected chi connectivity index (χ0v) is 11.9. The van der Waals surface area contributed by atoms with Crippen molar-refractivity contribution in [2.24, 2.45) is 4.99 Å². The van der Waals surface area contributed by atoms with Gasteiger partial charge in [-0.2, -0.15) is 4.99 Å². The van der Waals surface area contributed by atoms with E-state index in [1.54, 1.807) is 0 Å². The van der Waals surface area contributed by atoms with Gasteiger partial charge in [0, 0.05) is 6.04 Å². The predicted octanol–water partition coefficient (Wildman–Crippen LogP) is 3.89. The maximum atomic E-state index is 5.94. The fourth-order valence-electron chi connectivity index (χ4n) is 3.04. The average Bonchev–Trinajstić information content (AvgIpc) is 2.92. The molecule has 0 amide bonds.